The second-order valence-corrected chi connectivity index (χ2v) is 7.68. The van der Waals surface area contributed by atoms with Gasteiger partial charge in [-0.25, -0.2) is 4.98 Å². The Balaban J connectivity index is 1.44. The second-order valence-electron chi connectivity index (χ2n) is 6.39. The van der Waals surface area contributed by atoms with Crippen molar-refractivity contribution in [2.75, 3.05) is 5.32 Å². The van der Waals surface area contributed by atoms with Crippen LogP contribution in [-0.4, -0.2) is 17.0 Å². The van der Waals surface area contributed by atoms with Crippen molar-refractivity contribution >= 4 is 50.2 Å². The number of anilines is 1. The number of aromatic nitrogens is 1. The summed E-state index contributed by atoms with van der Waals surface area (Å²) >= 11 is 9.40. The summed E-state index contributed by atoms with van der Waals surface area (Å²) in [5.74, 6) is 0.859. The van der Waals surface area contributed by atoms with E-state index in [0.29, 0.717) is 33.4 Å². The Bertz CT molecular complexity index is 1170. The van der Waals surface area contributed by atoms with Crippen LogP contribution in [0.2, 0.25) is 5.02 Å². The third kappa shape index (κ3) is 4.44. The number of hydrogen-bond donors (Lipinski definition) is 1. The van der Waals surface area contributed by atoms with Crippen LogP contribution >= 0.6 is 27.5 Å². The normalized spacial score (nSPS) is 12.0. The highest BCUT2D eigenvalue weighted by Crippen LogP contribution is 2.28. The molecule has 5 nitrogen and oxygen atoms in total. The number of carbonyl (C=O) groups excluding carboxylic acids is 1. The minimum Gasteiger partial charge on any atom is -0.480 e. The molecule has 0 radical (unpaired) electrons. The largest absolute Gasteiger partial charge is 0.480 e. The number of halogens is 2. The van der Waals surface area contributed by atoms with Crippen LogP contribution in [0.5, 0.6) is 5.75 Å². The van der Waals surface area contributed by atoms with Gasteiger partial charge in [-0.3, -0.25) is 4.79 Å². The van der Waals surface area contributed by atoms with Gasteiger partial charge in [-0.2, -0.15) is 0 Å². The number of fused-ring (bicyclic) bond motifs is 1. The number of para-hydroxylation sites is 1. The zero-order chi connectivity index (χ0) is 20.4. The molecule has 1 aromatic heterocycles. The molecule has 0 bridgehead atoms. The van der Waals surface area contributed by atoms with Crippen molar-refractivity contribution in [2.45, 2.75) is 13.0 Å². The van der Waals surface area contributed by atoms with Crippen LogP contribution < -0.4 is 10.1 Å². The molecule has 4 rings (SSSR count). The molecule has 1 atom stereocenters. The van der Waals surface area contributed by atoms with E-state index in [9.17, 15) is 4.79 Å². The van der Waals surface area contributed by atoms with Crippen LogP contribution in [-0.2, 0) is 4.79 Å². The third-order valence-corrected chi connectivity index (χ3v) is 5.15. The Morgan fingerprint density at radius 1 is 1.14 bits per heavy atom. The SMILES string of the molecule is CC(Oc1ccccc1Br)C(=O)Nc1ccc(-c2nc3cc(Cl)ccc3o2)cc1. The van der Waals surface area contributed by atoms with Gasteiger partial charge in [0, 0.05) is 16.3 Å². The van der Waals surface area contributed by atoms with Gasteiger partial charge < -0.3 is 14.5 Å². The Kier molecular flexibility index (Phi) is 5.56. The molecule has 3 aromatic carbocycles. The van der Waals surface area contributed by atoms with Crippen LogP contribution in [0, 0.1) is 0 Å². The predicted octanol–water partition coefficient (Wildman–Crippen LogP) is 6.32. The summed E-state index contributed by atoms with van der Waals surface area (Å²) in [5, 5.41) is 3.45. The van der Waals surface area contributed by atoms with Crippen molar-refractivity contribution in [3.63, 3.8) is 0 Å². The van der Waals surface area contributed by atoms with E-state index >= 15 is 0 Å². The van der Waals surface area contributed by atoms with E-state index in [1.54, 1.807) is 43.3 Å². The van der Waals surface area contributed by atoms with E-state index in [-0.39, 0.29) is 5.91 Å². The zero-order valence-corrected chi connectivity index (χ0v) is 17.7. The molecule has 0 fully saturated rings. The number of amides is 1. The van der Waals surface area contributed by atoms with E-state index in [2.05, 4.69) is 26.2 Å². The van der Waals surface area contributed by atoms with Crippen LogP contribution in [0.15, 0.2) is 75.6 Å². The van der Waals surface area contributed by atoms with E-state index in [4.69, 9.17) is 20.8 Å². The number of nitrogens with zero attached hydrogens (tertiary/aromatic N) is 1. The Labute approximate surface area is 180 Å². The molecule has 146 valence electrons. The number of rotatable bonds is 5. The number of hydrogen-bond acceptors (Lipinski definition) is 4. The first kappa shape index (κ1) is 19.5. The summed E-state index contributed by atoms with van der Waals surface area (Å²) in [7, 11) is 0. The molecule has 0 saturated heterocycles. The van der Waals surface area contributed by atoms with Crippen LogP contribution in [0.25, 0.3) is 22.6 Å². The zero-order valence-electron chi connectivity index (χ0n) is 15.4. The number of carbonyl (C=O) groups is 1. The minimum atomic E-state index is -0.657. The molecule has 7 heteroatoms. The topological polar surface area (TPSA) is 64.4 Å². The monoisotopic (exact) mass is 470 g/mol. The molecule has 0 aliphatic rings. The first-order valence-electron chi connectivity index (χ1n) is 8.88. The Hall–Kier alpha value is -2.83. The lowest BCUT2D eigenvalue weighted by Crippen LogP contribution is -2.30. The maximum Gasteiger partial charge on any atom is 0.265 e. The Morgan fingerprint density at radius 2 is 1.90 bits per heavy atom. The predicted molar refractivity (Wildman–Crippen MR) is 117 cm³/mol. The maximum absolute atomic E-state index is 12.4. The van der Waals surface area contributed by atoms with Gasteiger partial charge in [0.2, 0.25) is 5.89 Å². The van der Waals surface area contributed by atoms with Crippen LogP contribution in [0.3, 0.4) is 0 Å². The van der Waals surface area contributed by atoms with Crippen molar-refractivity contribution in [3.8, 4) is 17.2 Å². The highest BCUT2D eigenvalue weighted by molar-refractivity contribution is 9.10. The lowest BCUT2D eigenvalue weighted by atomic mass is 10.2. The number of nitrogens with one attached hydrogen (secondary N) is 1. The smallest absolute Gasteiger partial charge is 0.265 e. The van der Waals surface area contributed by atoms with E-state index in [1.165, 1.54) is 0 Å². The van der Waals surface area contributed by atoms with Gasteiger partial charge in [-0.05, 0) is 77.5 Å². The van der Waals surface area contributed by atoms with Crippen molar-refractivity contribution in [3.05, 3.63) is 76.2 Å². The van der Waals surface area contributed by atoms with Gasteiger partial charge in [0.15, 0.2) is 11.7 Å². The quantitative estimate of drug-likeness (QED) is 0.370. The highest BCUT2D eigenvalue weighted by Gasteiger charge is 2.16. The van der Waals surface area contributed by atoms with Crippen molar-refractivity contribution < 1.29 is 13.9 Å². The second kappa shape index (κ2) is 8.27. The molecule has 0 aliphatic carbocycles. The van der Waals surface area contributed by atoms with E-state index < -0.39 is 6.10 Å². The molecule has 1 N–H and O–H groups in total. The lowest BCUT2D eigenvalue weighted by molar-refractivity contribution is -0.122. The van der Waals surface area contributed by atoms with E-state index in [1.807, 2.05) is 30.3 Å². The van der Waals surface area contributed by atoms with Crippen molar-refractivity contribution in [2.24, 2.45) is 0 Å². The highest BCUT2D eigenvalue weighted by atomic mass is 79.9. The number of oxazole rings is 1. The molecule has 0 spiro atoms. The fraction of sp³-hybridized carbons (Fsp3) is 0.0909. The molecule has 1 heterocycles. The van der Waals surface area contributed by atoms with Crippen molar-refractivity contribution in [1.29, 1.82) is 0 Å². The van der Waals surface area contributed by atoms with Gasteiger partial charge in [0.05, 0.1) is 4.47 Å². The number of ether oxygens (including phenoxy) is 1. The summed E-state index contributed by atoms with van der Waals surface area (Å²) < 4.78 is 12.3. The van der Waals surface area contributed by atoms with Gasteiger partial charge in [-0.15, -0.1) is 0 Å². The first-order valence-corrected chi connectivity index (χ1v) is 10.1. The van der Waals surface area contributed by atoms with E-state index in [0.717, 1.165) is 10.0 Å². The van der Waals surface area contributed by atoms with Gasteiger partial charge in [0.1, 0.15) is 11.3 Å². The fourth-order valence-electron chi connectivity index (χ4n) is 2.75. The Morgan fingerprint density at radius 3 is 2.66 bits per heavy atom. The summed E-state index contributed by atoms with van der Waals surface area (Å²) in [5.41, 5.74) is 2.82. The van der Waals surface area contributed by atoms with Gasteiger partial charge in [0.25, 0.3) is 5.91 Å². The summed E-state index contributed by atoms with van der Waals surface area (Å²) in [6.07, 6.45) is -0.657. The fourth-order valence-corrected chi connectivity index (χ4v) is 3.29. The molecule has 0 aliphatic heterocycles. The summed E-state index contributed by atoms with van der Waals surface area (Å²) in [6.45, 7) is 1.70. The van der Waals surface area contributed by atoms with Crippen LogP contribution in [0.4, 0.5) is 5.69 Å². The molecule has 1 amide bonds. The summed E-state index contributed by atoms with van der Waals surface area (Å²) in [4.78, 5) is 16.9. The molecular weight excluding hydrogens is 456 g/mol. The van der Waals surface area contributed by atoms with Gasteiger partial charge >= 0.3 is 0 Å². The van der Waals surface area contributed by atoms with Gasteiger partial charge in [-0.1, -0.05) is 23.7 Å². The average Bonchev–Trinajstić information content (AvgIpc) is 3.13. The molecule has 1 unspecified atom stereocenters. The third-order valence-electron chi connectivity index (χ3n) is 4.26. The average molecular weight is 472 g/mol. The van der Waals surface area contributed by atoms with Crippen LogP contribution in [0.1, 0.15) is 6.92 Å². The molecule has 0 saturated carbocycles. The minimum absolute atomic E-state index is 0.245. The van der Waals surface area contributed by atoms with Crippen molar-refractivity contribution in [1.82, 2.24) is 4.98 Å². The molecule has 4 aromatic rings. The lowest BCUT2D eigenvalue weighted by Gasteiger charge is -2.15. The maximum atomic E-state index is 12.4. The standard InChI is InChI=1S/C22H16BrClN2O3/c1-13(28-19-5-3-2-4-17(19)23)21(27)25-16-9-6-14(7-10-16)22-26-18-12-15(24)8-11-20(18)29-22/h2-13H,1H3,(H,25,27). The molecule has 29 heavy (non-hydrogen) atoms. The first-order chi connectivity index (χ1) is 14.0. The number of benzene rings is 3. The molecular formula is C22H16BrClN2O3. The summed E-state index contributed by atoms with van der Waals surface area (Å²) in [6, 6.07) is 19.9.